The minimum atomic E-state index is -0.105. The zero-order valence-corrected chi connectivity index (χ0v) is 17.7. The van der Waals surface area contributed by atoms with Gasteiger partial charge in [0.1, 0.15) is 11.6 Å². The van der Waals surface area contributed by atoms with E-state index in [0.717, 1.165) is 49.6 Å². The molecule has 1 aliphatic heterocycles. The summed E-state index contributed by atoms with van der Waals surface area (Å²) in [5, 5.41) is 3.27. The summed E-state index contributed by atoms with van der Waals surface area (Å²) in [6.07, 6.45) is 6.52. The van der Waals surface area contributed by atoms with Crippen LogP contribution in [0.15, 0.2) is 36.4 Å². The number of nitrogens with one attached hydrogen (secondary N) is 1. The molecule has 7 heteroatoms. The van der Waals surface area contributed by atoms with Crippen LogP contribution in [0.2, 0.25) is 0 Å². The molecule has 1 aliphatic rings. The van der Waals surface area contributed by atoms with Gasteiger partial charge in [0.05, 0.1) is 6.04 Å². The molecule has 7 nitrogen and oxygen atoms in total. The maximum absolute atomic E-state index is 12.8. The molecule has 1 N–H and O–H groups in total. The second-order valence-electron chi connectivity index (χ2n) is 7.75. The third-order valence-corrected chi connectivity index (χ3v) is 4.83. The summed E-state index contributed by atoms with van der Waals surface area (Å²) >= 11 is 0. The number of likely N-dealkylation sites (N-methyl/N-ethyl adjacent to an activating group) is 1. The Balaban J connectivity index is 1.82. The first kappa shape index (κ1) is 20.9. The maximum Gasteiger partial charge on any atom is 0.246 e. The van der Waals surface area contributed by atoms with E-state index in [2.05, 4.69) is 15.3 Å². The van der Waals surface area contributed by atoms with E-state index in [0.29, 0.717) is 11.6 Å². The molecule has 154 valence electrons. The highest BCUT2D eigenvalue weighted by Gasteiger charge is 2.29. The minimum Gasteiger partial charge on any atom is -0.329 e. The molecule has 0 radical (unpaired) electrons. The Labute approximate surface area is 172 Å². The normalized spacial score (nSPS) is 17.1. The lowest BCUT2D eigenvalue weighted by atomic mass is 10.0. The number of hydrogen-bond donors (Lipinski definition) is 1. The number of aryl methyl sites for hydroxylation is 2. The van der Waals surface area contributed by atoms with Crippen LogP contribution in [0.4, 0.5) is 11.6 Å². The average Bonchev–Trinajstić information content (AvgIpc) is 2.67. The minimum absolute atomic E-state index is 0.0246. The quantitative estimate of drug-likeness (QED) is 0.757. The summed E-state index contributed by atoms with van der Waals surface area (Å²) < 4.78 is 0. The summed E-state index contributed by atoms with van der Waals surface area (Å²) in [7, 11) is 3.97. The zero-order chi connectivity index (χ0) is 20.8. The van der Waals surface area contributed by atoms with Crippen LogP contribution in [-0.4, -0.2) is 57.8 Å². The molecule has 3 heterocycles. The van der Waals surface area contributed by atoms with E-state index in [9.17, 15) is 4.79 Å². The standard InChI is InChI=1S/C22H30N6O/c1-16-9-7-11-19(23-16)25-20-15-17(2)24-22(26-20)18-10-5-6-14-28(18)21(29)12-8-13-27(3)4/h7-9,11-12,15,18H,5-6,10,13-14H2,1-4H3,(H,23,24,25,26)/b12-8+/t18-/m1/s1. The van der Waals surface area contributed by atoms with Crippen LogP contribution in [0, 0.1) is 13.8 Å². The van der Waals surface area contributed by atoms with Crippen molar-refractivity contribution in [3.05, 3.63) is 53.6 Å². The van der Waals surface area contributed by atoms with Crippen molar-refractivity contribution >= 4 is 17.5 Å². The van der Waals surface area contributed by atoms with Gasteiger partial charge in [-0.05, 0) is 59.3 Å². The van der Waals surface area contributed by atoms with Crippen LogP contribution in [0.5, 0.6) is 0 Å². The van der Waals surface area contributed by atoms with Crippen molar-refractivity contribution in [3.8, 4) is 0 Å². The van der Waals surface area contributed by atoms with Gasteiger partial charge in [-0.15, -0.1) is 0 Å². The number of amides is 1. The van der Waals surface area contributed by atoms with Crippen molar-refractivity contribution in [2.45, 2.75) is 39.2 Å². The second kappa shape index (κ2) is 9.60. The maximum atomic E-state index is 12.8. The number of nitrogens with zero attached hydrogens (tertiary/aromatic N) is 5. The molecule has 1 saturated heterocycles. The van der Waals surface area contributed by atoms with E-state index in [1.54, 1.807) is 6.08 Å². The number of anilines is 2. The van der Waals surface area contributed by atoms with Gasteiger partial charge < -0.3 is 15.1 Å². The van der Waals surface area contributed by atoms with Crippen LogP contribution in [0.25, 0.3) is 0 Å². The average molecular weight is 395 g/mol. The molecule has 0 saturated carbocycles. The van der Waals surface area contributed by atoms with Gasteiger partial charge in [0, 0.05) is 36.6 Å². The third-order valence-electron chi connectivity index (χ3n) is 4.83. The van der Waals surface area contributed by atoms with Crippen molar-refractivity contribution in [3.63, 3.8) is 0 Å². The fraction of sp³-hybridized carbons (Fsp3) is 0.455. The molecule has 0 unspecified atom stereocenters. The van der Waals surface area contributed by atoms with Crippen LogP contribution in [-0.2, 0) is 4.79 Å². The number of hydrogen-bond acceptors (Lipinski definition) is 6. The molecule has 1 atom stereocenters. The van der Waals surface area contributed by atoms with Crippen LogP contribution in [0.3, 0.4) is 0 Å². The van der Waals surface area contributed by atoms with Gasteiger partial charge in [-0.3, -0.25) is 4.79 Å². The molecule has 29 heavy (non-hydrogen) atoms. The van der Waals surface area contributed by atoms with E-state index in [1.807, 2.05) is 68.1 Å². The molecular weight excluding hydrogens is 364 g/mol. The van der Waals surface area contributed by atoms with Crippen LogP contribution in [0.1, 0.15) is 42.5 Å². The predicted molar refractivity (Wildman–Crippen MR) is 115 cm³/mol. The van der Waals surface area contributed by atoms with Crippen molar-refractivity contribution in [2.75, 3.05) is 32.5 Å². The van der Waals surface area contributed by atoms with Gasteiger partial charge in [-0.25, -0.2) is 15.0 Å². The fourth-order valence-electron chi connectivity index (χ4n) is 3.47. The van der Waals surface area contributed by atoms with Gasteiger partial charge in [0.2, 0.25) is 5.91 Å². The molecule has 0 bridgehead atoms. The molecule has 0 aromatic carbocycles. The highest BCUT2D eigenvalue weighted by atomic mass is 16.2. The fourth-order valence-corrected chi connectivity index (χ4v) is 3.47. The molecule has 0 aliphatic carbocycles. The summed E-state index contributed by atoms with van der Waals surface area (Å²) in [6.45, 7) is 5.38. The lowest BCUT2D eigenvalue weighted by molar-refractivity contribution is -0.129. The van der Waals surface area contributed by atoms with E-state index < -0.39 is 0 Å². The number of carbonyl (C=O) groups is 1. The number of aromatic nitrogens is 3. The predicted octanol–water partition coefficient (Wildman–Crippen LogP) is 3.40. The second-order valence-corrected chi connectivity index (χ2v) is 7.75. The largest absolute Gasteiger partial charge is 0.329 e. The number of pyridine rings is 1. The first-order chi connectivity index (χ1) is 13.9. The van der Waals surface area contributed by atoms with Gasteiger partial charge in [-0.2, -0.15) is 0 Å². The summed E-state index contributed by atoms with van der Waals surface area (Å²) in [5.41, 5.74) is 1.81. The monoisotopic (exact) mass is 394 g/mol. The highest BCUT2D eigenvalue weighted by molar-refractivity contribution is 5.88. The van der Waals surface area contributed by atoms with Gasteiger partial charge >= 0.3 is 0 Å². The third kappa shape index (κ3) is 5.84. The van der Waals surface area contributed by atoms with Crippen LogP contribution >= 0.6 is 0 Å². The van der Waals surface area contributed by atoms with E-state index in [-0.39, 0.29) is 11.9 Å². The van der Waals surface area contributed by atoms with Crippen molar-refractivity contribution in [1.82, 2.24) is 24.8 Å². The van der Waals surface area contributed by atoms with Crippen molar-refractivity contribution in [2.24, 2.45) is 0 Å². The molecule has 3 rings (SSSR count). The summed E-state index contributed by atoms with van der Waals surface area (Å²) in [4.78, 5) is 30.6. The molecule has 1 fully saturated rings. The first-order valence-corrected chi connectivity index (χ1v) is 10.1. The number of rotatable bonds is 6. The number of carbonyl (C=O) groups excluding carboxylic acids is 1. The molecule has 0 spiro atoms. The van der Waals surface area contributed by atoms with Crippen molar-refractivity contribution < 1.29 is 4.79 Å². The lowest BCUT2D eigenvalue weighted by Crippen LogP contribution is -2.38. The Morgan fingerprint density at radius 3 is 2.76 bits per heavy atom. The summed E-state index contributed by atoms with van der Waals surface area (Å²) in [6, 6.07) is 7.62. The Morgan fingerprint density at radius 1 is 1.17 bits per heavy atom. The van der Waals surface area contributed by atoms with E-state index in [4.69, 9.17) is 4.98 Å². The Morgan fingerprint density at radius 2 is 2.00 bits per heavy atom. The Bertz CT molecular complexity index is 879. The Kier molecular flexibility index (Phi) is 6.93. The van der Waals surface area contributed by atoms with Crippen LogP contribution < -0.4 is 5.32 Å². The first-order valence-electron chi connectivity index (χ1n) is 10.1. The number of piperidine rings is 1. The number of likely N-dealkylation sites (tertiary alicyclic amines) is 1. The molecule has 2 aromatic rings. The van der Waals surface area contributed by atoms with Gasteiger partial charge in [-0.1, -0.05) is 12.1 Å². The van der Waals surface area contributed by atoms with E-state index >= 15 is 0 Å². The SMILES string of the molecule is Cc1cccc(Nc2cc(C)nc([C@H]3CCCCN3C(=O)/C=C/CN(C)C)n2)n1. The Hall–Kier alpha value is -2.80. The molecule has 1 amide bonds. The molecular formula is C22H30N6O. The molecule has 2 aromatic heterocycles. The van der Waals surface area contributed by atoms with Gasteiger partial charge in [0.25, 0.3) is 0 Å². The smallest absolute Gasteiger partial charge is 0.246 e. The highest BCUT2D eigenvalue weighted by Crippen LogP contribution is 2.30. The zero-order valence-electron chi connectivity index (χ0n) is 17.7. The topological polar surface area (TPSA) is 74.2 Å². The van der Waals surface area contributed by atoms with E-state index in [1.165, 1.54) is 0 Å². The lowest BCUT2D eigenvalue weighted by Gasteiger charge is -2.34. The van der Waals surface area contributed by atoms with Crippen molar-refractivity contribution in [1.29, 1.82) is 0 Å². The summed E-state index contributed by atoms with van der Waals surface area (Å²) in [5.74, 6) is 2.16. The van der Waals surface area contributed by atoms with Gasteiger partial charge in [0.15, 0.2) is 5.82 Å².